The largest absolute Gasteiger partial charge is 0.321 e. The van der Waals surface area contributed by atoms with Gasteiger partial charge in [-0.3, -0.25) is 14.7 Å². The fourth-order valence-electron chi connectivity index (χ4n) is 2.04. The Balaban J connectivity index is 2.01. The van der Waals surface area contributed by atoms with E-state index >= 15 is 0 Å². The van der Waals surface area contributed by atoms with Crippen LogP contribution < -0.4 is 10.9 Å². The molecule has 3 rings (SSSR count). The first kappa shape index (κ1) is 14.5. The number of carbonyl (C=O) groups is 1. The van der Waals surface area contributed by atoms with Crippen molar-refractivity contribution >= 4 is 33.2 Å². The maximum absolute atomic E-state index is 13.1. The summed E-state index contributed by atoms with van der Waals surface area (Å²) < 4.78 is 14.7. The number of rotatable bonds is 2. The van der Waals surface area contributed by atoms with Crippen LogP contribution in [0.5, 0.6) is 0 Å². The summed E-state index contributed by atoms with van der Waals surface area (Å²) in [5.74, 6) is -0.871. The van der Waals surface area contributed by atoms with Crippen LogP contribution in [0, 0.1) is 12.7 Å². The van der Waals surface area contributed by atoms with Crippen molar-refractivity contribution in [2.45, 2.75) is 6.92 Å². The first-order valence-corrected chi connectivity index (χ1v) is 7.09. The lowest BCUT2D eigenvalue weighted by Crippen LogP contribution is -2.17. The molecule has 2 N–H and O–H groups in total. The molecule has 2 aromatic heterocycles. The van der Waals surface area contributed by atoms with E-state index in [1.54, 1.807) is 6.92 Å². The molecular formula is C14H10BrFN4O2. The standard InChI is InChI=1S/C14H10BrFN4O2/c1-7-4-12(21)20-13(18-7)9(6-17-20)14(22)19-11-3-2-8(16)5-10(11)15/h2-6,17H,1H3,(H,19,22). The molecule has 0 atom stereocenters. The number of anilines is 1. The van der Waals surface area contributed by atoms with Crippen molar-refractivity contribution in [1.29, 1.82) is 0 Å². The van der Waals surface area contributed by atoms with E-state index in [2.05, 4.69) is 31.3 Å². The second-order valence-corrected chi connectivity index (χ2v) is 5.51. The predicted octanol–water partition coefficient (Wildman–Crippen LogP) is 2.48. The van der Waals surface area contributed by atoms with Gasteiger partial charge in [-0.2, -0.15) is 0 Å². The summed E-state index contributed by atoms with van der Waals surface area (Å²) in [6.45, 7) is 1.67. The Hall–Kier alpha value is -2.48. The molecule has 0 saturated carbocycles. The topological polar surface area (TPSA) is 79.3 Å². The molecule has 0 aliphatic heterocycles. The van der Waals surface area contributed by atoms with Crippen LogP contribution in [0.15, 0.2) is 39.7 Å². The molecule has 0 saturated heterocycles. The third-order valence-corrected chi connectivity index (χ3v) is 3.71. The zero-order chi connectivity index (χ0) is 15.9. The maximum Gasteiger partial charge on any atom is 0.272 e. The Bertz CT molecular complexity index is 948. The summed E-state index contributed by atoms with van der Waals surface area (Å²) in [5.41, 5.74) is 1.09. The molecule has 0 fully saturated rings. The SMILES string of the molecule is Cc1cc(=O)n2[nH]cc(C(=O)Nc3ccc(F)cc3Br)c2n1. The lowest BCUT2D eigenvalue weighted by Gasteiger charge is -2.06. The number of nitrogens with one attached hydrogen (secondary N) is 2. The molecule has 2 heterocycles. The number of amides is 1. The number of benzene rings is 1. The van der Waals surface area contributed by atoms with Crippen LogP contribution in [0.2, 0.25) is 0 Å². The van der Waals surface area contributed by atoms with Crippen LogP contribution in [0.1, 0.15) is 16.1 Å². The summed E-state index contributed by atoms with van der Waals surface area (Å²) >= 11 is 3.18. The van der Waals surface area contributed by atoms with Gasteiger partial charge in [0.1, 0.15) is 11.4 Å². The highest BCUT2D eigenvalue weighted by molar-refractivity contribution is 9.10. The van der Waals surface area contributed by atoms with Gasteiger partial charge in [0, 0.05) is 22.4 Å². The van der Waals surface area contributed by atoms with Gasteiger partial charge in [-0.15, -0.1) is 0 Å². The van der Waals surface area contributed by atoms with Crippen LogP contribution >= 0.6 is 15.9 Å². The summed E-state index contributed by atoms with van der Waals surface area (Å²) in [7, 11) is 0. The summed E-state index contributed by atoms with van der Waals surface area (Å²) in [6.07, 6.45) is 1.40. The Kier molecular flexibility index (Phi) is 3.53. The third-order valence-electron chi connectivity index (χ3n) is 3.05. The van der Waals surface area contributed by atoms with E-state index in [1.807, 2.05) is 0 Å². The molecule has 1 aromatic carbocycles. The second-order valence-electron chi connectivity index (χ2n) is 4.66. The molecule has 3 aromatic rings. The molecule has 0 aliphatic rings. The average Bonchev–Trinajstić information content (AvgIpc) is 2.86. The Morgan fingerprint density at radius 2 is 2.18 bits per heavy atom. The Labute approximate surface area is 132 Å². The molecule has 6 nitrogen and oxygen atoms in total. The van der Waals surface area contributed by atoms with Crippen molar-refractivity contribution < 1.29 is 9.18 Å². The molecule has 22 heavy (non-hydrogen) atoms. The van der Waals surface area contributed by atoms with Gasteiger partial charge in [0.15, 0.2) is 5.65 Å². The van der Waals surface area contributed by atoms with Crippen LogP contribution in [-0.4, -0.2) is 20.5 Å². The first-order chi connectivity index (χ1) is 10.5. The number of aromatic nitrogens is 3. The lowest BCUT2D eigenvalue weighted by molar-refractivity contribution is 0.102. The minimum absolute atomic E-state index is 0.219. The number of fused-ring (bicyclic) bond motifs is 1. The summed E-state index contributed by atoms with van der Waals surface area (Å²) in [4.78, 5) is 28.3. The van der Waals surface area contributed by atoms with E-state index in [1.165, 1.54) is 35.0 Å². The third kappa shape index (κ3) is 2.52. The summed E-state index contributed by atoms with van der Waals surface area (Å²) in [6, 6.07) is 5.29. The van der Waals surface area contributed by atoms with E-state index in [0.717, 1.165) is 0 Å². The highest BCUT2D eigenvalue weighted by Crippen LogP contribution is 2.24. The van der Waals surface area contributed by atoms with Gasteiger partial charge in [0.25, 0.3) is 11.5 Å². The normalized spacial score (nSPS) is 10.9. The molecule has 112 valence electrons. The van der Waals surface area contributed by atoms with Crippen molar-refractivity contribution in [3.8, 4) is 0 Å². The number of hydrogen-bond donors (Lipinski definition) is 2. The minimum Gasteiger partial charge on any atom is -0.321 e. The van der Waals surface area contributed by atoms with Crippen LogP contribution in [0.3, 0.4) is 0 Å². The number of aromatic amines is 1. The fourth-order valence-corrected chi connectivity index (χ4v) is 2.49. The molecule has 8 heteroatoms. The Morgan fingerprint density at radius 3 is 2.91 bits per heavy atom. The maximum atomic E-state index is 13.1. The van der Waals surface area contributed by atoms with Crippen molar-refractivity contribution in [1.82, 2.24) is 14.6 Å². The smallest absolute Gasteiger partial charge is 0.272 e. The Morgan fingerprint density at radius 1 is 1.41 bits per heavy atom. The van der Waals surface area contributed by atoms with E-state index < -0.39 is 11.7 Å². The zero-order valence-electron chi connectivity index (χ0n) is 11.4. The predicted molar refractivity (Wildman–Crippen MR) is 82.6 cm³/mol. The van der Waals surface area contributed by atoms with Gasteiger partial charge in [-0.1, -0.05) is 0 Å². The number of hydrogen-bond acceptors (Lipinski definition) is 3. The van der Waals surface area contributed by atoms with Crippen molar-refractivity contribution in [2.75, 3.05) is 5.32 Å². The monoisotopic (exact) mass is 364 g/mol. The molecule has 1 amide bonds. The minimum atomic E-state index is -0.455. The fraction of sp³-hybridized carbons (Fsp3) is 0.0714. The number of H-pyrrole nitrogens is 1. The van der Waals surface area contributed by atoms with Gasteiger partial charge < -0.3 is 5.32 Å². The van der Waals surface area contributed by atoms with E-state index in [-0.39, 0.29) is 16.8 Å². The molecule has 0 radical (unpaired) electrons. The number of halogens is 2. The van der Waals surface area contributed by atoms with Crippen LogP contribution in [0.25, 0.3) is 5.65 Å². The molecule has 0 bridgehead atoms. The molecule has 0 aliphatic carbocycles. The summed E-state index contributed by atoms with van der Waals surface area (Å²) in [5, 5.41) is 5.33. The average molecular weight is 365 g/mol. The molecular weight excluding hydrogens is 355 g/mol. The molecule has 0 unspecified atom stereocenters. The number of aryl methyl sites for hydroxylation is 1. The van der Waals surface area contributed by atoms with Crippen molar-refractivity contribution in [3.63, 3.8) is 0 Å². The molecule has 0 spiro atoms. The number of nitrogens with zero attached hydrogens (tertiary/aromatic N) is 2. The first-order valence-electron chi connectivity index (χ1n) is 6.30. The van der Waals surface area contributed by atoms with Crippen molar-refractivity contribution in [2.24, 2.45) is 0 Å². The van der Waals surface area contributed by atoms with Crippen LogP contribution in [-0.2, 0) is 0 Å². The van der Waals surface area contributed by atoms with E-state index in [0.29, 0.717) is 15.9 Å². The van der Waals surface area contributed by atoms with Gasteiger partial charge in [0.2, 0.25) is 0 Å². The van der Waals surface area contributed by atoms with E-state index in [9.17, 15) is 14.0 Å². The van der Waals surface area contributed by atoms with Gasteiger partial charge in [-0.25, -0.2) is 13.9 Å². The zero-order valence-corrected chi connectivity index (χ0v) is 12.9. The van der Waals surface area contributed by atoms with Gasteiger partial charge in [0.05, 0.1) is 5.69 Å². The second kappa shape index (κ2) is 5.38. The highest BCUT2D eigenvalue weighted by atomic mass is 79.9. The van der Waals surface area contributed by atoms with Gasteiger partial charge in [-0.05, 0) is 41.1 Å². The van der Waals surface area contributed by atoms with Crippen molar-refractivity contribution in [3.05, 3.63) is 62.4 Å². The van der Waals surface area contributed by atoms with Gasteiger partial charge >= 0.3 is 0 Å². The number of carbonyl (C=O) groups excluding carboxylic acids is 1. The van der Waals surface area contributed by atoms with Crippen LogP contribution in [0.4, 0.5) is 10.1 Å². The van der Waals surface area contributed by atoms with E-state index in [4.69, 9.17) is 0 Å². The lowest BCUT2D eigenvalue weighted by atomic mass is 10.2. The highest BCUT2D eigenvalue weighted by Gasteiger charge is 2.16. The quantitative estimate of drug-likeness (QED) is 0.732.